The van der Waals surface area contributed by atoms with Crippen LogP contribution >= 0.6 is 0 Å². The van der Waals surface area contributed by atoms with Gasteiger partial charge < -0.3 is 5.11 Å². The molecule has 4 fully saturated rings. The molecule has 1 unspecified atom stereocenters. The number of Topliss-reactive ketones (excluding diaryl/α,β-unsaturated/α-hetero) is 2. The van der Waals surface area contributed by atoms with Crippen LogP contribution in [0.3, 0.4) is 0 Å². The van der Waals surface area contributed by atoms with Crippen molar-refractivity contribution in [2.75, 3.05) is 0 Å². The maximum atomic E-state index is 13.1. The van der Waals surface area contributed by atoms with Gasteiger partial charge in [0.2, 0.25) is 0 Å². The second-order valence-electron chi connectivity index (χ2n) is 9.75. The number of rotatable bonds is 0. The molecule has 3 heteroatoms. The first kappa shape index (κ1) is 15.8. The summed E-state index contributed by atoms with van der Waals surface area (Å²) in [6, 6.07) is 0. The minimum Gasteiger partial charge on any atom is -0.390 e. The molecule has 0 heterocycles. The molecule has 4 aliphatic rings. The number of aliphatic hydroxyl groups is 1. The Hall–Kier alpha value is -0.700. The van der Waals surface area contributed by atoms with Crippen molar-refractivity contribution in [1.82, 2.24) is 0 Å². The van der Waals surface area contributed by atoms with Crippen LogP contribution in [-0.2, 0) is 9.59 Å². The Balaban J connectivity index is 1.70. The molecule has 0 radical (unpaired) electrons. The van der Waals surface area contributed by atoms with Gasteiger partial charge in [-0.25, -0.2) is 0 Å². The minimum absolute atomic E-state index is 0.0369. The molecule has 0 aliphatic heterocycles. The second kappa shape index (κ2) is 4.68. The summed E-state index contributed by atoms with van der Waals surface area (Å²) in [4.78, 5) is 25.5. The van der Waals surface area contributed by atoms with Crippen LogP contribution in [-0.4, -0.2) is 22.3 Å². The smallest absolute Gasteiger partial charge is 0.139 e. The molecular formula is C20H30O3. The highest BCUT2D eigenvalue weighted by atomic mass is 16.3. The van der Waals surface area contributed by atoms with Gasteiger partial charge in [-0.15, -0.1) is 0 Å². The fraction of sp³-hybridized carbons (Fsp3) is 0.900. The van der Waals surface area contributed by atoms with Gasteiger partial charge >= 0.3 is 0 Å². The standard InChI is InChI=1S/C20H30O3/c1-18(23)8-9-19(2)12(10-18)4-5-13-14-6-7-16(22)20(14,3)11-15(21)17(13)19/h12-14,17,23H,4-11H2,1-3H3/t12-,13?,14-,17+,18+,19-,20-/m0/s1. The maximum absolute atomic E-state index is 13.1. The number of ketones is 2. The van der Waals surface area contributed by atoms with Crippen molar-refractivity contribution in [2.24, 2.45) is 34.5 Å². The van der Waals surface area contributed by atoms with E-state index in [1.165, 1.54) is 0 Å². The molecule has 0 aromatic carbocycles. The average Bonchev–Trinajstić information content (AvgIpc) is 2.75. The molecule has 128 valence electrons. The van der Waals surface area contributed by atoms with Crippen LogP contribution in [0.5, 0.6) is 0 Å². The molecule has 23 heavy (non-hydrogen) atoms. The third-order valence-electron chi connectivity index (χ3n) is 8.35. The fourth-order valence-corrected chi connectivity index (χ4v) is 7.03. The summed E-state index contributed by atoms with van der Waals surface area (Å²) < 4.78 is 0. The molecule has 0 bridgehead atoms. The number of hydrogen-bond acceptors (Lipinski definition) is 3. The van der Waals surface area contributed by atoms with E-state index in [0.717, 1.165) is 38.5 Å². The molecule has 3 nitrogen and oxygen atoms in total. The topological polar surface area (TPSA) is 54.4 Å². The van der Waals surface area contributed by atoms with Crippen LogP contribution in [0.25, 0.3) is 0 Å². The zero-order valence-electron chi connectivity index (χ0n) is 14.7. The lowest BCUT2D eigenvalue weighted by atomic mass is 9.44. The Morgan fingerprint density at radius 1 is 1.04 bits per heavy atom. The summed E-state index contributed by atoms with van der Waals surface area (Å²) in [5.74, 6) is 2.07. The first-order valence-electron chi connectivity index (χ1n) is 9.46. The van der Waals surface area contributed by atoms with E-state index in [2.05, 4.69) is 13.8 Å². The molecule has 4 aliphatic carbocycles. The highest BCUT2D eigenvalue weighted by Crippen LogP contribution is 2.65. The fourth-order valence-electron chi connectivity index (χ4n) is 7.03. The van der Waals surface area contributed by atoms with Gasteiger partial charge in [-0.3, -0.25) is 9.59 Å². The number of carbonyl (C=O) groups excluding carboxylic acids is 2. The van der Waals surface area contributed by atoms with Crippen LogP contribution in [0.15, 0.2) is 0 Å². The normalized spacial score (nSPS) is 56.0. The Morgan fingerprint density at radius 2 is 1.78 bits per heavy atom. The first-order valence-corrected chi connectivity index (χ1v) is 9.46. The van der Waals surface area contributed by atoms with Crippen LogP contribution in [0, 0.1) is 34.5 Å². The lowest BCUT2D eigenvalue weighted by Crippen LogP contribution is -2.58. The molecule has 0 aromatic rings. The van der Waals surface area contributed by atoms with E-state index < -0.39 is 5.60 Å². The van der Waals surface area contributed by atoms with Crippen molar-refractivity contribution in [3.8, 4) is 0 Å². The highest BCUT2D eigenvalue weighted by molar-refractivity contribution is 5.95. The molecule has 1 N–H and O–H groups in total. The number of fused-ring (bicyclic) bond motifs is 5. The van der Waals surface area contributed by atoms with Crippen LogP contribution in [0.4, 0.5) is 0 Å². The summed E-state index contributed by atoms with van der Waals surface area (Å²) in [5, 5.41) is 10.5. The molecule has 4 rings (SSSR count). The van der Waals surface area contributed by atoms with Gasteiger partial charge in [-0.2, -0.15) is 0 Å². The quantitative estimate of drug-likeness (QED) is 0.743. The lowest BCUT2D eigenvalue weighted by molar-refractivity contribution is -0.168. The van der Waals surface area contributed by atoms with Crippen molar-refractivity contribution in [1.29, 1.82) is 0 Å². The number of carbonyl (C=O) groups is 2. The Labute approximate surface area is 139 Å². The van der Waals surface area contributed by atoms with Crippen molar-refractivity contribution in [2.45, 2.75) is 77.7 Å². The summed E-state index contributed by atoms with van der Waals surface area (Å²) in [6.45, 7) is 6.32. The van der Waals surface area contributed by atoms with Gasteiger partial charge in [0.25, 0.3) is 0 Å². The molecule has 0 aromatic heterocycles. The predicted octanol–water partition coefficient (Wildman–Crippen LogP) is 3.53. The summed E-state index contributed by atoms with van der Waals surface area (Å²) in [5.41, 5.74) is -0.899. The summed E-state index contributed by atoms with van der Waals surface area (Å²) in [6.07, 6.45) is 6.90. The zero-order valence-corrected chi connectivity index (χ0v) is 14.7. The summed E-state index contributed by atoms with van der Waals surface area (Å²) in [7, 11) is 0. The second-order valence-corrected chi connectivity index (χ2v) is 9.75. The third kappa shape index (κ3) is 2.04. The molecule has 0 saturated heterocycles. The van der Waals surface area contributed by atoms with E-state index in [0.29, 0.717) is 42.2 Å². The molecule has 7 atom stereocenters. The molecule has 0 amide bonds. The van der Waals surface area contributed by atoms with E-state index in [4.69, 9.17) is 0 Å². The Kier molecular flexibility index (Phi) is 3.22. The average molecular weight is 318 g/mol. The molecule has 4 saturated carbocycles. The molecular weight excluding hydrogens is 288 g/mol. The zero-order chi connectivity index (χ0) is 16.6. The SMILES string of the molecule is C[C@@]1(O)CC[C@@]2(C)[C@@H](CCC3[C@@H]2C(=O)C[C@]2(C)C(=O)CC[C@@H]32)C1. The van der Waals surface area contributed by atoms with E-state index in [9.17, 15) is 14.7 Å². The third-order valence-corrected chi connectivity index (χ3v) is 8.35. The van der Waals surface area contributed by atoms with E-state index >= 15 is 0 Å². The minimum atomic E-state index is -0.563. The Bertz CT molecular complexity index is 565. The first-order chi connectivity index (χ1) is 10.7. The lowest BCUT2D eigenvalue weighted by Gasteiger charge is -2.60. The monoisotopic (exact) mass is 318 g/mol. The van der Waals surface area contributed by atoms with Crippen molar-refractivity contribution in [3.63, 3.8) is 0 Å². The maximum Gasteiger partial charge on any atom is 0.139 e. The number of hydrogen-bond donors (Lipinski definition) is 1. The molecule has 0 spiro atoms. The van der Waals surface area contributed by atoms with E-state index in [1.54, 1.807) is 0 Å². The van der Waals surface area contributed by atoms with Crippen molar-refractivity contribution in [3.05, 3.63) is 0 Å². The summed E-state index contributed by atoms with van der Waals surface area (Å²) >= 11 is 0. The Morgan fingerprint density at radius 3 is 2.52 bits per heavy atom. The van der Waals surface area contributed by atoms with Gasteiger partial charge in [-0.05, 0) is 68.6 Å². The van der Waals surface area contributed by atoms with Crippen LogP contribution in [0.2, 0.25) is 0 Å². The van der Waals surface area contributed by atoms with Crippen molar-refractivity contribution < 1.29 is 14.7 Å². The highest BCUT2D eigenvalue weighted by Gasteiger charge is 2.63. The van der Waals surface area contributed by atoms with E-state index in [-0.39, 0.29) is 16.7 Å². The van der Waals surface area contributed by atoms with Gasteiger partial charge in [-0.1, -0.05) is 13.8 Å². The van der Waals surface area contributed by atoms with E-state index in [1.807, 2.05) is 6.92 Å². The van der Waals surface area contributed by atoms with Gasteiger partial charge in [0.1, 0.15) is 11.6 Å². The van der Waals surface area contributed by atoms with Gasteiger partial charge in [0.05, 0.1) is 5.60 Å². The van der Waals surface area contributed by atoms with Crippen LogP contribution < -0.4 is 0 Å². The van der Waals surface area contributed by atoms with Gasteiger partial charge in [0.15, 0.2) is 0 Å². The largest absolute Gasteiger partial charge is 0.390 e. The van der Waals surface area contributed by atoms with Crippen molar-refractivity contribution >= 4 is 11.6 Å². The van der Waals surface area contributed by atoms with Gasteiger partial charge in [0, 0.05) is 24.2 Å². The van der Waals surface area contributed by atoms with Crippen LogP contribution in [0.1, 0.15) is 72.1 Å². The predicted molar refractivity (Wildman–Crippen MR) is 87.7 cm³/mol.